The molecular formula is C14H30N2. The molecule has 1 aliphatic rings. The summed E-state index contributed by atoms with van der Waals surface area (Å²) in [6, 6.07) is 1.37. The minimum absolute atomic E-state index is 0.649. The van der Waals surface area contributed by atoms with Crippen molar-refractivity contribution in [2.24, 2.45) is 5.92 Å². The lowest BCUT2D eigenvalue weighted by Crippen LogP contribution is -2.42. The summed E-state index contributed by atoms with van der Waals surface area (Å²) in [5, 5.41) is 3.51. The van der Waals surface area contributed by atoms with Crippen LogP contribution < -0.4 is 5.32 Å². The second kappa shape index (κ2) is 7.29. The molecule has 2 unspecified atom stereocenters. The SMILES string of the molecule is CCNC(C)CC(C)N(CC)CC1CCC1. The standard InChI is InChI=1S/C14H30N2/c1-5-15-12(3)10-13(4)16(6-2)11-14-8-7-9-14/h12-15H,5-11H2,1-4H3. The molecule has 2 atom stereocenters. The second-order valence-corrected chi connectivity index (χ2v) is 5.43. The molecule has 1 aliphatic carbocycles. The monoisotopic (exact) mass is 226 g/mol. The summed E-state index contributed by atoms with van der Waals surface area (Å²) in [7, 11) is 0. The third-order valence-corrected chi connectivity index (χ3v) is 3.99. The summed E-state index contributed by atoms with van der Waals surface area (Å²) >= 11 is 0. The molecular weight excluding hydrogens is 196 g/mol. The normalized spacial score (nSPS) is 20.8. The van der Waals surface area contributed by atoms with Gasteiger partial charge in [0.2, 0.25) is 0 Å². The molecule has 0 heterocycles. The van der Waals surface area contributed by atoms with E-state index in [4.69, 9.17) is 0 Å². The van der Waals surface area contributed by atoms with Crippen LogP contribution in [0.2, 0.25) is 0 Å². The van der Waals surface area contributed by atoms with Crippen LogP contribution in [0.3, 0.4) is 0 Å². The molecule has 2 nitrogen and oxygen atoms in total. The summed E-state index contributed by atoms with van der Waals surface area (Å²) in [6.07, 6.45) is 5.66. The highest BCUT2D eigenvalue weighted by atomic mass is 15.1. The molecule has 0 amide bonds. The van der Waals surface area contributed by atoms with E-state index in [2.05, 4.69) is 37.9 Å². The van der Waals surface area contributed by atoms with Gasteiger partial charge in [0, 0.05) is 18.6 Å². The van der Waals surface area contributed by atoms with Gasteiger partial charge in [0.15, 0.2) is 0 Å². The number of hydrogen-bond acceptors (Lipinski definition) is 2. The van der Waals surface area contributed by atoms with Gasteiger partial charge >= 0.3 is 0 Å². The average Bonchev–Trinajstić information content (AvgIpc) is 2.16. The summed E-state index contributed by atoms with van der Waals surface area (Å²) in [6.45, 7) is 12.8. The Hall–Kier alpha value is -0.0800. The molecule has 16 heavy (non-hydrogen) atoms. The van der Waals surface area contributed by atoms with Crippen molar-refractivity contribution in [2.45, 2.75) is 65.5 Å². The number of nitrogens with one attached hydrogen (secondary N) is 1. The fourth-order valence-corrected chi connectivity index (χ4v) is 2.72. The molecule has 0 aromatic rings. The summed E-state index contributed by atoms with van der Waals surface area (Å²) in [5.41, 5.74) is 0. The highest BCUT2D eigenvalue weighted by molar-refractivity contribution is 4.78. The van der Waals surface area contributed by atoms with E-state index in [1.807, 2.05) is 0 Å². The van der Waals surface area contributed by atoms with Crippen molar-refractivity contribution in [1.29, 1.82) is 0 Å². The van der Waals surface area contributed by atoms with Gasteiger partial charge in [0.05, 0.1) is 0 Å². The van der Waals surface area contributed by atoms with E-state index < -0.39 is 0 Å². The Labute approximate surface area is 102 Å². The highest BCUT2D eigenvalue weighted by Gasteiger charge is 2.23. The zero-order valence-electron chi connectivity index (χ0n) is 11.6. The molecule has 0 spiro atoms. The van der Waals surface area contributed by atoms with Gasteiger partial charge in [-0.2, -0.15) is 0 Å². The van der Waals surface area contributed by atoms with Gasteiger partial charge in [-0.25, -0.2) is 0 Å². The Bertz CT molecular complexity index is 178. The first kappa shape index (κ1) is 14.0. The van der Waals surface area contributed by atoms with Gasteiger partial charge in [-0.3, -0.25) is 0 Å². The molecule has 96 valence electrons. The lowest BCUT2D eigenvalue weighted by atomic mass is 9.84. The van der Waals surface area contributed by atoms with Crippen LogP contribution in [-0.4, -0.2) is 36.6 Å². The van der Waals surface area contributed by atoms with Crippen LogP contribution in [-0.2, 0) is 0 Å². The Kier molecular flexibility index (Phi) is 6.37. The summed E-state index contributed by atoms with van der Waals surface area (Å²) in [4.78, 5) is 2.66. The van der Waals surface area contributed by atoms with Crippen molar-refractivity contribution in [2.75, 3.05) is 19.6 Å². The van der Waals surface area contributed by atoms with E-state index in [9.17, 15) is 0 Å². The second-order valence-electron chi connectivity index (χ2n) is 5.43. The number of hydrogen-bond donors (Lipinski definition) is 1. The van der Waals surface area contributed by atoms with Gasteiger partial charge < -0.3 is 10.2 Å². The predicted molar refractivity (Wildman–Crippen MR) is 71.8 cm³/mol. The lowest BCUT2D eigenvalue weighted by molar-refractivity contribution is 0.135. The van der Waals surface area contributed by atoms with E-state index in [-0.39, 0.29) is 0 Å². The minimum atomic E-state index is 0.649. The van der Waals surface area contributed by atoms with Crippen LogP contribution in [0, 0.1) is 5.92 Å². The van der Waals surface area contributed by atoms with Gasteiger partial charge in [-0.05, 0) is 52.1 Å². The first-order valence-corrected chi connectivity index (χ1v) is 7.14. The molecule has 0 saturated heterocycles. The van der Waals surface area contributed by atoms with Crippen LogP contribution in [0.4, 0.5) is 0 Å². The van der Waals surface area contributed by atoms with Gasteiger partial charge in [0.25, 0.3) is 0 Å². The Morgan fingerprint density at radius 2 is 1.94 bits per heavy atom. The van der Waals surface area contributed by atoms with Crippen molar-refractivity contribution in [1.82, 2.24) is 10.2 Å². The van der Waals surface area contributed by atoms with Crippen LogP contribution in [0.15, 0.2) is 0 Å². The summed E-state index contributed by atoms with van der Waals surface area (Å²) < 4.78 is 0. The molecule has 2 heteroatoms. The topological polar surface area (TPSA) is 15.3 Å². The third kappa shape index (κ3) is 4.42. The molecule has 1 N–H and O–H groups in total. The number of rotatable bonds is 8. The zero-order chi connectivity index (χ0) is 12.0. The maximum atomic E-state index is 3.51. The van der Waals surface area contributed by atoms with Gasteiger partial charge in [0.1, 0.15) is 0 Å². The van der Waals surface area contributed by atoms with E-state index in [0.717, 1.165) is 18.5 Å². The maximum Gasteiger partial charge on any atom is 0.00816 e. The zero-order valence-corrected chi connectivity index (χ0v) is 11.6. The van der Waals surface area contributed by atoms with Crippen LogP contribution in [0.5, 0.6) is 0 Å². The van der Waals surface area contributed by atoms with E-state index in [1.54, 1.807) is 0 Å². The van der Waals surface area contributed by atoms with Crippen molar-refractivity contribution >= 4 is 0 Å². The molecule has 1 rings (SSSR count). The molecule has 0 radical (unpaired) electrons. The van der Waals surface area contributed by atoms with E-state index in [1.165, 1.54) is 38.8 Å². The first-order valence-electron chi connectivity index (χ1n) is 7.14. The summed E-state index contributed by atoms with van der Waals surface area (Å²) in [5.74, 6) is 0.997. The largest absolute Gasteiger partial charge is 0.314 e. The van der Waals surface area contributed by atoms with Crippen molar-refractivity contribution in [3.8, 4) is 0 Å². The van der Waals surface area contributed by atoms with Crippen LogP contribution in [0.25, 0.3) is 0 Å². The minimum Gasteiger partial charge on any atom is -0.314 e. The lowest BCUT2D eigenvalue weighted by Gasteiger charge is -2.36. The molecule has 0 aromatic carbocycles. The molecule has 0 aromatic heterocycles. The Morgan fingerprint density at radius 3 is 2.38 bits per heavy atom. The average molecular weight is 226 g/mol. The van der Waals surface area contributed by atoms with Gasteiger partial charge in [-0.15, -0.1) is 0 Å². The predicted octanol–water partition coefficient (Wildman–Crippen LogP) is 2.89. The third-order valence-electron chi connectivity index (χ3n) is 3.99. The Morgan fingerprint density at radius 1 is 1.25 bits per heavy atom. The fraction of sp³-hybridized carbons (Fsp3) is 1.00. The molecule has 0 bridgehead atoms. The van der Waals surface area contributed by atoms with Crippen molar-refractivity contribution in [3.05, 3.63) is 0 Å². The maximum absolute atomic E-state index is 3.51. The molecule has 0 aliphatic heterocycles. The first-order chi connectivity index (χ1) is 7.67. The molecule has 1 saturated carbocycles. The van der Waals surface area contributed by atoms with Crippen LogP contribution in [0.1, 0.15) is 53.4 Å². The fourth-order valence-electron chi connectivity index (χ4n) is 2.72. The quantitative estimate of drug-likeness (QED) is 0.684. The Balaban J connectivity index is 2.26. The van der Waals surface area contributed by atoms with Crippen molar-refractivity contribution in [3.63, 3.8) is 0 Å². The van der Waals surface area contributed by atoms with Crippen LogP contribution >= 0.6 is 0 Å². The molecule has 1 fully saturated rings. The van der Waals surface area contributed by atoms with Gasteiger partial charge in [-0.1, -0.05) is 20.3 Å². The van der Waals surface area contributed by atoms with E-state index >= 15 is 0 Å². The smallest absolute Gasteiger partial charge is 0.00816 e. The number of nitrogens with zero attached hydrogens (tertiary/aromatic N) is 1. The van der Waals surface area contributed by atoms with E-state index in [0.29, 0.717) is 6.04 Å². The highest BCUT2D eigenvalue weighted by Crippen LogP contribution is 2.27. The van der Waals surface area contributed by atoms with Crippen molar-refractivity contribution < 1.29 is 0 Å².